The first kappa shape index (κ1) is 11.6. The Morgan fingerprint density at radius 2 is 1.75 bits per heavy atom. The zero-order chi connectivity index (χ0) is 9.99. The molecule has 1 atom stereocenters. The molecule has 0 aliphatic carbocycles. The van der Waals surface area contributed by atoms with E-state index in [2.05, 4.69) is 0 Å². The summed E-state index contributed by atoms with van der Waals surface area (Å²) in [5, 5.41) is 0. The maximum atomic E-state index is 10.5. The predicted octanol–water partition coefficient (Wildman–Crippen LogP) is 0.666. The van der Waals surface area contributed by atoms with Gasteiger partial charge in [0.1, 0.15) is 6.29 Å². The summed E-state index contributed by atoms with van der Waals surface area (Å²) < 4.78 is 0. The maximum Gasteiger partial charge on any atom is 0.137 e. The Balaban J connectivity index is 4.31. The largest absolute Gasteiger partial charge is 0.326 e. The summed E-state index contributed by atoms with van der Waals surface area (Å²) in [5.41, 5.74) is 11.0. The number of aldehydes is 1. The van der Waals surface area contributed by atoms with Gasteiger partial charge < -0.3 is 16.3 Å². The van der Waals surface area contributed by atoms with Crippen LogP contribution in [0.25, 0.3) is 0 Å². The molecule has 0 amide bonds. The summed E-state index contributed by atoms with van der Waals surface area (Å²) in [6.45, 7) is 7.79. The highest BCUT2D eigenvalue weighted by molar-refractivity contribution is 5.58. The highest BCUT2D eigenvalue weighted by atomic mass is 16.1. The van der Waals surface area contributed by atoms with E-state index in [0.717, 1.165) is 12.7 Å². The van der Waals surface area contributed by atoms with Gasteiger partial charge in [-0.1, -0.05) is 13.8 Å². The van der Waals surface area contributed by atoms with Gasteiger partial charge in [-0.2, -0.15) is 0 Å². The average molecular weight is 172 g/mol. The minimum Gasteiger partial charge on any atom is -0.326 e. The first-order valence-corrected chi connectivity index (χ1v) is 4.19. The molecule has 0 fully saturated rings. The third-order valence-corrected chi connectivity index (χ3v) is 1.96. The molecule has 4 N–H and O–H groups in total. The summed E-state index contributed by atoms with van der Waals surface area (Å²) in [6, 6.07) is -0.430. The van der Waals surface area contributed by atoms with Crippen LogP contribution in [0, 0.1) is 5.41 Å². The highest BCUT2D eigenvalue weighted by Crippen LogP contribution is 2.28. The first-order chi connectivity index (χ1) is 5.19. The highest BCUT2D eigenvalue weighted by Gasteiger charge is 2.31. The second-order valence-electron chi connectivity index (χ2n) is 4.82. The van der Waals surface area contributed by atoms with Gasteiger partial charge in [0.05, 0.1) is 6.04 Å². The third kappa shape index (κ3) is 3.83. The van der Waals surface area contributed by atoms with Gasteiger partial charge in [-0.3, -0.25) is 0 Å². The Morgan fingerprint density at radius 3 is 2.00 bits per heavy atom. The first-order valence-electron chi connectivity index (χ1n) is 4.19. The smallest absolute Gasteiger partial charge is 0.137 e. The van der Waals surface area contributed by atoms with E-state index in [1.54, 1.807) is 0 Å². The van der Waals surface area contributed by atoms with Gasteiger partial charge in [-0.25, -0.2) is 0 Å². The van der Waals surface area contributed by atoms with Crippen molar-refractivity contribution < 1.29 is 4.79 Å². The van der Waals surface area contributed by atoms with Gasteiger partial charge in [-0.15, -0.1) is 0 Å². The lowest BCUT2D eigenvalue weighted by Crippen LogP contribution is -2.46. The predicted molar refractivity (Wildman–Crippen MR) is 50.7 cm³/mol. The second-order valence-corrected chi connectivity index (χ2v) is 4.82. The van der Waals surface area contributed by atoms with E-state index in [1.807, 2.05) is 27.7 Å². The molecule has 0 aliphatic heterocycles. The Bertz CT molecular complexity index is 158. The van der Waals surface area contributed by atoms with Gasteiger partial charge in [-0.05, 0) is 25.7 Å². The molecule has 0 bridgehead atoms. The van der Waals surface area contributed by atoms with E-state index in [9.17, 15) is 4.79 Å². The molecule has 0 saturated carbocycles. The summed E-state index contributed by atoms with van der Waals surface area (Å²) in [5.74, 6) is 0. The van der Waals surface area contributed by atoms with Crippen LogP contribution in [-0.2, 0) is 4.79 Å². The van der Waals surface area contributed by atoms with Gasteiger partial charge >= 0.3 is 0 Å². The van der Waals surface area contributed by atoms with E-state index in [0.29, 0.717) is 0 Å². The van der Waals surface area contributed by atoms with Crippen LogP contribution in [0.3, 0.4) is 0 Å². The molecule has 0 radical (unpaired) electrons. The van der Waals surface area contributed by atoms with Crippen LogP contribution in [0.4, 0.5) is 0 Å². The molecule has 0 spiro atoms. The molecule has 0 aromatic carbocycles. The standard InChI is InChI=1S/C9H20N2O/c1-8(2,7(10)5-12)6-9(3,4)11/h5,7H,6,10-11H2,1-4H3. The van der Waals surface area contributed by atoms with Crippen LogP contribution < -0.4 is 11.5 Å². The molecule has 3 nitrogen and oxygen atoms in total. The molecule has 0 saturated heterocycles. The monoisotopic (exact) mass is 172 g/mol. The van der Waals surface area contributed by atoms with Gasteiger partial charge in [0.2, 0.25) is 0 Å². The van der Waals surface area contributed by atoms with Crippen molar-refractivity contribution in [2.45, 2.75) is 45.7 Å². The van der Waals surface area contributed by atoms with Crippen LogP contribution in [0.5, 0.6) is 0 Å². The van der Waals surface area contributed by atoms with Gasteiger partial charge in [0.25, 0.3) is 0 Å². The van der Waals surface area contributed by atoms with Crippen LogP contribution in [0.15, 0.2) is 0 Å². The van der Waals surface area contributed by atoms with Crippen molar-refractivity contribution in [3.63, 3.8) is 0 Å². The van der Waals surface area contributed by atoms with E-state index < -0.39 is 6.04 Å². The fourth-order valence-electron chi connectivity index (χ4n) is 1.48. The summed E-state index contributed by atoms with van der Waals surface area (Å²) >= 11 is 0. The number of nitrogens with two attached hydrogens (primary N) is 2. The maximum absolute atomic E-state index is 10.5. The third-order valence-electron chi connectivity index (χ3n) is 1.96. The molecule has 0 rings (SSSR count). The Hall–Kier alpha value is -0.410. The van der Waals surface area contributed by atoms with Crippen molar-refractivity contribution in [2.75, 3.05) is 0 Å². The Labute approximate surface area is 74.5 Å². The fraction of sp³-hybridized carbons (Fsp3) is 0.889. The van der Waals surface area contributed by atoms with Crippen molar-refractivity contribution >= 4 is 6.29 Å². The van der Waals surface area contributed by atoms with Crippen molar-refractivity contribution in [3.05, 3.63) is 0 Å². The van der Waals surface area contributed by atoms with Gasteiger partial charge in [0.15, 0.2) is 0 Å². The topological polar surface area (TPSA) is 69.1 Å². The van der Waals surface area contributed by atoms with E-state index in [-0.39, 0.29) is 11.0 Å². The van der Waals surface area contributed by atoms with Gasteiger partial charge in [0, 0.05) is 5.54 Å². The van der Waals surface area contributed by atoms with E-state index >= 15 is 0 Å². The molecular weight excluding hydrogens is 152 g/mol. The molecule has 0 aliphatic rings. The summed E-state index contributed by atoms with van der Waals surface area (Å²) in [6.07, 6.45) is 1.52. The zero-order valence-corrected chi connectivity index (χ0v) is 8.42. The molecule has 1 unspecified atom stereocenters. The average Bonchev–Trinajstić information content (AvgIpc) is 1.80. The number of carbonyl (C=O) groups excluding carboxylic acids is 1. The van der Waals surface area contributed by atoms with Crippen LogP contribution in [0.2, 0.25) is 0 Å². The van der Waals surface area contributed by atoms with Crippen molar-refractivity contribution in [1.29, 1.82) is 0 Å². The fourth-order valence-corrected chi connectivity index (χ4v) is 1.48. The zero-order valence-electron chi connectivity index (χ0n) is 8.42. The minimum absolute atomic E-state index is 0.222. The lowest BCUT2D eigenvalue weighted by molar-refractivity contribution is -0.111. The lowest BCUT2D eigenvalue weighted by atomic mass is 9.76. The second kappa shape index (κ2) is 3.54. The number of carbonyl (C=O) groups is 1. The van der Waals surface area contributed by atoms with Crippen LogP contribution in [0.1, 0.15) is 34.1 Å². The van der Waals surface area contributed by atoms with Crippen molar-refractivity contribution in [3.8, 4) is 0 Å². The van der Waals surface area contributed by atoms with E-state index in [1.165, 1.54) is 0 Å². The molecular formula is C9H20N2O. The quantitative estimate of drug-likeness (QED) is 0.612. The molecule has 0 aromatic heterocycles. The number of hydrogen-bond acceptors (Lipinski definition) is 3. The van der Waals surface area contributed by atoms with E-state index in [4.69, 9.17) is 11.5 Å². The normalized spacial score (nSPS) is 15.8. The van der Waals surface area contributed by atoms with Crippen LogP contribution in [-0.4, -0.2) is 17.9 Å². The SMILES string of the molecule is CC(C)(N)CC(C)(C)C(N)C=O. The molecule has 0 aromatic rings. The summed E-state index contributed by atoms with van der Waals surface area (Å²) in [4.78, 5) is 10.5. The Kier molecular flexibility index (Phi) is 3.42. The number of rotatable bonds is 4. The van der Waals surface area contributed by atoms with Crippen LogP contribution >= 0.6 is 0 Å². The Morgan fingerprint density at radius 1 is 1.33 bits per heavy atom. The molecule has 12 heavy (non-hydrogen) atoms. The summed E-state index contributed by atoms with van der Waals surface area (Å²) in [7, 11) is 0. The lowest BCUT2D eigenvalue weighted by Gasteiger charge is -2.34. The molecule has 72 valence electrons. The minimum atomic E-state index is -0.430. The molecule has 0 heterocycles. The van der Waals surface area contributed by atoms with Crippen molar-refractivity contribution in [2.24, 2.45) is 16.9 Å². The number of hydrogen-bond donors (Lipinski definition) is 2. The van der Waals surface area contributed by atoms with Crippen molar-refractivity contribution in [1.82, 2.24) is 0 Å². The molecule has 3 heteroatoms.